The van der Waals surface area contributed by atoms with E-state index in [0.717, 1.165) is 15.7 Å². The number of aryl methyl sites for hydroxylation is 2. The number of aromatic nitrogens is 1. The lowest BCUT2D eigenvalue weighted by Crippen LogP contribution is -2.26. The monoisotopic (exact) mass is 364 g/mol. The molecule has 22 heavy (non-hydrogen) atoms. The summed E-state index contributed by atoms with van der Waals surface area (Å²) in [7, 11) is 1.90. The number of carbonyl (C=O) groups is 1. The second kappa shape index (κ2) is 8.15. The van der Waals surface area contributed by atoms with Crippen LogP contribution in [0, 0.1) is 0 Å². The fraction of sp³-hybridized carbons (Fsp3) is 0.353. The van der Waals surface area contributed by atoms with Crippen LogP contribution in [0.5, 0.6) is 0 Å². The third-order valence-corrected chi connectivity index (χ3v) is 4.42. The second-order valence-electron chi connectivity index (χ2n) is 5.29. The fourth-order valence-electron chi connectivity index (χ4n) is 2.35. The van der Waals surface area contributed by atoms with Crippen LogP contribution in [0.1, 0.15) is 30.2 Å². The molecule has 0 fully saturated rings. The lowest BCUT2D eigenvalue weighted by atomic mass is 10.1. The SMILES string of the molecule is Cn1cccc1[C@H](O)CCNC(=O)CCc1ccccc1Br. The standard InChI is InChI=1S/C17H21BrN2O2/c1-20-12-4-7-15(20)16(21)10-11-19-17(22)9-8-13-5-2-3-6-14(13)18/h2-7,12,16,21H,8-11H2,1H3,(H,19,22)/t16-/m1/s1. The van der Waals surface area contributed by atoms with Crippen molar-refractivity contribution in [2.75, 3.05) is 6.54 Å². The smallest absolute Gasteiger partial charge is 0.220 e. The van der Waals surface area contributed by atoms with E-state index in [4.69, 9.17) is 0 Å². The number of hydrogen-bond donors (Lipinski definition) is 2. The second-order valence-corrected chi connectivity index (χ2v) is 6.14. The molecule has 1 heterocycles. The Morgan fingerprint density at radius 2 is 2.09 bits per heavy atom. The van der Waals surface area contributed by atoms with E-state index in [0.29, 0.717) is 25.8 Å². The molecule has 2 aromatic rings. The molecule has 5 heteroatoms. The molecule has 0 saturated heterocycles. The van der Waals surface area contributed by atoms with Gasteiger partial charge in [0.2, 0.25) is 5.91 Å². The lowest BCUT2D eigenvalue weighted by molar-refractivity contribution is -0.121. The Bertz CT molecular complexity index is 625. The van der Waals surface area contributed by atoms with E-state index >= 15 is 0 Å². The van der Waals surface area contributed by atoms with Crippen molar-refractivity contribution in [2.24, 2.45) is 7.05 Å². The van der Waals surface area contributed by atoms with Crippen LogP contribution in [0.3, 0.4) is 0 Å². The van der Waals surface area contributed by atoms with Gasteiger partial charge in [-0.25, -0.2) is 0 Å². The maximum atomic E-state index is 11.8. The van der Waals surface area contributed by atoms with E-state index in [-0.39, 0.29) is 5.91 Å². The quantitative estimate of drug-likeness (QED) is 0.793. The Balaban J connectivity index is 1.70. The molecule has 1 aromatic heterocycles. The summed E-state index contributed by atoms with van der Waals surface area (Å²) in [6.45, 7) is 0.473. The van der Waals surface area contributed by atoms with Crippen LogP contribution in [0.2, 0.25) is 0 Å². The van der Waals surface area contributed by atoms with E-state index in [1.165, 1.54) is 0 Å². The number of aliphatic hydroxyl groups is 1. The first kappa shape index (κ1) is 16.8. The third-order valence-electron chi connectivity index (χ3n) is 3.64. The van der Waals surface area contributed by atoms with Gasteiger partial charge in [0.1, 0.15) is 0 Å². The normalized spacial score (nSPS) is 12.1. The van der Waals surface area contributed by atoms with Crippen molar-refractivity contribution in [1.29, 1.82) is 0 Å². The molecule has 0 aliphatic rings. The zero-order valence-corrected chi connectivity index (χ0v) is 14.2. The first-order chi connectivity index (χ1) is 10.6. The number of amides is 1. The Kier molecular flexibility index (Phi) is 6.21. The highest BCUT2D eigenvalue weighted by atomic mass is 79.9. The van der Waals surface area contributed by atoms with Crippen LogP contribution in [-0.2, 0) is 18.3 Å². The van der Waals surface area contributed by atoms with Gasteiger partial charge in [-0.15, -0.1) is 0 Å². The van der Waals surface area contributed by atoms with Crippen molar-refractivity contribution in [1.82, 2.24) is 9.88 Å². The molecule has 0 saturated carbocycles. The van der Waals surface area contributed by atoms with E-state index in [2.05, 4.69) is 21.2 Å². The van der Waals surface area contributed by atoms with Gasteiger partial charge in [-0.1, -0.05) is 34.1 Å². The van der Waals surface area contributed by atoms with Gasteiger partial charge in [0.15, 0.2) is 0 Å². The molecule has 2 N–H and O–H groups in total. The summed E-state index contributed by atoms with van der Waals surface area (Å²) in [6.07, 6.45) is 3.01. The molecule has 2 rings (SSSR count). The molecule has 0 aliphatic carbocycles. The van der Waals surface area contributed by atoms with Gasteiger partial charge in [0.25, 0.3) is 0 Å². The average Bonchev–Trinajstić information content (AvgIpc) is 2.92. The average molecular weight is 365 g/mol. The number of carbonyl (C=O) groups excluding carboxylic acids is 1. The van der Waals surface area contributed by atoms with Crippen molar-refractivity contribution in [3.63, 3.8) is 0 Å². The summed E-state index contributed by atoms with van der Waals surface area (Å²) in [6, 6.07) is 11.7. The van der Waals surface area contributed by atoms with Crippen LogP contribution >= 0.6 is 15.9 Å². The van der Waals surface area contributed by atoms with Gasteiger partial charge in [-0.3, -0.25) is 4.79 Å². The van der Waals surface area contributed by atoms with Gasteiger partial charge in [-0.2, -0.15) is 0 Å². The molecule has 0 aliphatic heterocycles. The molecule has 0 unspecified atom stereocenters. The van der Waals surface area contributed by atoms with Crippen LogP contribution in [-0.4, -0.2) is 22.1 Å². The molecule has 1 amide bonds. The van der Waals surface area contributed by atoms with E-state index in [9.17, 15) is 9.90 Å². The minimum absolute atomic E-state index is 0.00911. The zero-order valence-electron chi connectivity index (χ0n) is 12.6. The summed E-state index contributed by atoms with van der Waals surface area (Å²) in [5, 5.41) is 12.9. The Morgan fingerprint density at radius 1 is 1.32 bits per heavy atom. The van der Waals surface area contributed by atoms with Gasteiger partial charge < -0.3 is 15.0 Å². The maximum absolute atomic E-state index is 11.8. The molecule has 0 spiro atoms. The van der Waals surface area contributed by atoms with Crippen LogP contribution in [0.15, 0.2) is 47.1 Å². The molecule has 0 bridgehead atoms. The first-order valence-corrected chi connectivity index (χ1v) is 8.16. The Morgan fingerprint density at radius 3 is 2.77 bits per heavy atom. The first-order valence-electron chi connectivity index (χ1n) is 7.37. The van der Waals surface area contributed by atoms with Gasteiger partial charge in [0.05, 0.1) is 6.10 Å². The summed E-state index contributed by atoms with van der Waals surface area (Å²) in [5.41, 5.74) is 1.99. The third kappa shape index (κ3) is 4.71. The number of nitrogens with one attached hydrogen (secondary N) is 1. The van der Waals surface area contributed by atoms with E-state index in [1.807, 2.05) is 54.2 Å². The van der Waals surface area contributed by atoms with Crippen LogP contribution < -0.4 is 5.32 Å². The highest BCUT2D eigenvalue weighted by Gasteiger charge is 2.11. The number of benzene rings is 1. The van der Waals surface area contributed by atoms with Crippen molar-refractivity contribution >= 4 is 21.8 Å². The van der Waals surface area contributed by atoms with E-state index < -0.39 is 6.10 Å². The molecule has 1 atom stereocenters. The topological polar surface area (TPSA) is 54.3 Å². The number of rotatable bonds is 7. The highest BCUT2D eigenvalue weighted by molar-refractivity contribution is 9.10. The number of nitrogens with zero attached hydrogens (tertiary/aromatic N) is 1. The molecule has 118 valence electrons. The van der Waals surface area contributed by atoms with Crippen LogP contribution in [0.4, 0.5) is 0 Å². The number of halogens is 1. The van der Waals surface area contributed by atoms with Crippen molar-refractivity contribution in [3.05, 3.63) is 58.3 Å². The molecule has 1 aromatic carbocycles. The summed E-state index contributed by atoms with van der Waals surface area (Å²) in [5.74, 6) is 0.00911. The molecule has 4 nitrogen and oxygen atoms in total. The molecular formula is C17H21BrN2O2. The number of aliphatic hydroxyl groups excluding tert-OH is 1. The maximum Gasteiger partial charge on any atom is 0.220 e. The Labute approximate surface area is 139 Å². The number of hydrogen-bond acceptors (Lipinski definition) is 2. The summed E-state index contributed by atoms with van der Waals surface area (Å²) >= 11 is 3.48. The molecule has 0 radical (unpaired) electrons. The van der Waals surface area contributed by atoms with Crippen molar-refractivity contribution < 1.29 is 9.90 Å². The van der Waals surface area contributed by atoms with Crippen molar-refractivity contribution in [3.8, 4) is 0 Å². The van der Waals surface area contributed by atoms with E-state index in [1.54, 1.807) is 0 Å². The zero-order chi connectivity index (χ0) is 15.9. The van der Waals surface area contributed by atoms with Gasteiger partial charge >= 0.3 is 0 Å². The van der Waals surface area contributed by atoms with Gasteiger partial charge in [0, 0.05) is 36.4 Å². The predicted molar refractivity (Wildman–Crippen MR) is 90.5 cm³/mol. The molecular weight excluding hydrogens is 344 g/mol. The van der Waals surface area contributed by atoms with Crippen LogP contribution in [0.25, 0.3) is 0 Å². The minimum Gasteiger partial charge on any atom is -0.387 e. The largest absolute Gasteiger partial charge is 0.387 e. The Hall–Kier alpha value is -1.59. The summed E-state index contributed by atoms with van der Waals surface area (Å²) < 4.78 is 2.92. The fourth-order valence-corrected chi connectivity index (χ4v) is 2.84. The predicted octanol–water partition coefficient (Wildman–Crippen LogP) is 2.96. The van der Waals surface area contributed by atoms with Crippen molar-refractivity contribution in [2.45, 2.75) is 25.4 Å². The van der Waals surface area contributed by atoms with Gasteiger partial charge in [-0.05, 0) is 36.6 Å². The summed E-state index contributed by atoms with van der Waals surface area (Å²) in [4.78, 5) is 11.8. The highest BCUT2D eigenvalue weighted by Crippen LogP contribution is 2.17. The minimum atomic E-state index is -0.552. The lowest BCUT2D eigenvalue weighted by Gasteiger charge is -2.12.